The first kappa shape index (κ1) is 15.8. The fourth-order valence-corrected chi connectivity index (χ4v) is 1.98. The summed E-state index contributed by atoms with van der Waals surface area (Å²) in [6.07, 6.45) is 0. The molecular formula is C15H13ClFN3O2. The van der Waals surface area contributed by atoms with Gasteiger partial charge in [0.1, 0.15) is 5.82 Å². The molecule has 0 atom stereocenters. The largest absolute Gasteiger partial charge is 0.375 e. The lowest BCUT2D eigenvalue weighted by atomic mass is 10.1. The fraction of sp³-hybridized carbons (Fsp3) is 0.0667. The number of benzene rings is 2. The van der Waals surface area contributed by atoms with Gasteiger partial charge in [0.15, 0.2) is 0 Å². The normalized spacial score (nSPS) is 10.1. The van der Waals surface area contributed by atoms with Crippen molar-refractivity contribution >= 4 is 34.8 Å². The third-order valence-corrected chi connectivity index (χ3v) is 3.07. The zero-order valence-electron chi connectivity index (χ0n) is 11.4. The summed E-state index contributed by atoms with van der Waals surface area (Å²) in [5.74, 6) is -1.66. The van der Waals surface area contributed by atoms with Crippen LogP contribution in [-0.2, 0) is 4.79 Å². The van der Waals surface area contributed by atoms with Crippen molar-refractivity contribution in [2.45, 2.75) is 0 Å². The maximum Gasteiger partial charge on any atom is 0.250 e. The summed E-state index contributed by atoms with van der Waals surface area (Å²) in [5, 5.41) is 5.55. The molecule has 2 aromatic rings. The highest BCUT2D eigenvalue weighted by Gasteiger charge is 2.11. The predicted octanol–water partition coefficient (Wildman–Crippen LogP) is 2.63. The molecule has 0 unspecified atom stereocenters. The number of halogens is 2. The number of nitrogens with two attached hydrogens (primary N) is 1. The Hall–Kier alpha value is -2.60. The minimum absolute atomic E-state index is 0.0838. The summed E-state index contributed by atoms with van der Waals surface area (Å²) in [5.41, 5.74) is 5.88. The monoisotopic (exact) mass is 321 g/mol. The second-order valence-corrected chi connectivity index (χ2v) is 4.87. The summed E-state index contributed by atoms with van der Waals surface area (Å²) in [7, 11) is 0. The summed E-state index contributed by atoms with van der Waals surface area (Å²) in [4.78, 5) is 23.1. The van der Waals surface area contributed by atoms with E-state index >= 15 is 0 Å². The Kier molecular flexibility index (Phi) is 4.95. The minimum Gasteiger partial charge on any atom is -0.375 e. The molecule has 0 spiro atoms. The Morgan fingerprint density at radius 3 is 2.55 bits per heavy atom. The number of hydrogen-bond acceptors (Lipinski definition) is 3. The van der Waals surface area contributed by atoms with Gasteiger partial charge in [-0.3, -0.25) is 9.59 Å². The van der Waals surface area contributed by atoms with E-state index in [9.17, 15) is 14.0 Å². The zero-order chi connectivity index (χ0) is 16.1. The molecule has 7 heteroatoms. The van der Waals surface area contributed by atoms with Gasteiger partial charge in [-0.05, 0) is 30.3 Å². The Bertz CT molecular complexity index is 722. The van der Waals surface area contributed by atoms with E-state index in [1.807, 2.05) is 0 Å². The molecule has 22 heavy (non-hydrogen) atoms. The van der Waals surface area contributed by atoms with Crippen LogP contribution in [0.25, 0.3) is 0 Å². The van der Waals surface area contributed by atoms with E-state index in [2.05, 4.69) is 10.6 Å². The van der Waals surface area contributed by atoms with Crippen molar-refractivity contribution in [1.29, 1.82) is 0 Å². The van der Waals surface area contributed by atoms with E-state index in [-0.39, 0.29) is 17.8 Å². The Balaban J connectivity index is 2.03. The van der Waals surface area contributed by atoms with Crippen LogP contribution in [0.4, 0.5) is 15.8 Å². The first-order valence-corrected chi connectivity index (χ1v) is 6.73. The van der Waals surface area contributed by atoms with Gasteiger partial charge in [0.2, 0.25) is 5.91 Å². The van der Waals surface area contributed by atoms with Crippen molar-refractivity contribution in [1.82, 2.24) is 0 Å². The number of para-hydroxylation sites is 1. The number of amides is 2. The average Bonchev–Trinajstić information content (AvgIpc) is 2.48. The SMILES string of the molecule is NC(=O)c1cc(Cl)ccc1NCC(=O)Nc1ccccc1F. The van der Waals surface area contributed by atoms with Gasteiger partial charge in [0.05, 0.1) is 17.8 Å². The highest BCUT2D eigenvalue weighted by Crippen LogP contribution is 2.20. The first-order valence-electron chi connectivity index (χ1n) is 6.35. The number of hydrogen-bond donors (Lipinski definition) is 3. The van der Waals surface area contributed by atoms with Gasteiger partial charge in [-0.25, -0.2) is 4.39 Å². The number of anilines is 2. The number of nitrogens with one attached hydrogen (secondary N) is 2. The van der Waals surface area contributed by atoms with Crippen LogP contribution < -0.4 is 16.4 Å². The Labute approximate surface area is 131 Å². The average molecular weight is 322 g/mol. The molecule has 0 radical (unpaired) electrons. The molecule has 0 aromatic heterocycles. The third kappa shape index (κ3) is 3.95. The van der Waals surface area contributed by atoms with Crippen molar-refractivity contribution in [2.75, 3.05) is 17.2 Å². The van der Waals surface area contributed by atoms with Gasteiger partial charge < -0.3 is 16.4 Å². The summed E-state index contributed by atoms with van der Waals surface area (Å²) >= 11 is 5.79. The number of carbonyl (C=O) groups excluding carboxylic acids is 2. The molecule has 4 N–H and O–H groups in total. The molecule has 2 rings (SSSR count). The molecule has 0 aliphatic rings. The lowest BCUT2D eigenvalue weighted by molar-refractivity contribution is -0.114. The van der Waals surface area contributed by atoms with Crippen LogP contribution in [0.5, 0.6) is 0 Å². The lowest BCUT2D eigenvalue weighted by Crippen LogP contribution is -2.24. The highest BCUT2D eigenvalue weighted by molar-refractivity contribution is 6.31. The van der Waals surface area contributed by atoms with Crippen molar-refractivity contribution in [3.63, 3.8) is 0 Å². The van der Waals surface area contributed by atoms with Crippen LogP contribution >= 0.6 is 11.6 Å². The van der Waals surface area contributed by atoms with E-state index in [1.54, 1.807) is 18.2 Å². The molecule has 0 heterocycles. The maximum absolute atomic E-state index is 13.4. The second-order valence-electron chi connectivity index (χ2n) is 4.44. The van der Waals surface area contributed by atoms with Crippen molar-refractivity contribution in [2.24, 2.45) is 5.73 Å². The molecule has 0 saturated carbocycles. The molecule has 2 aromatic carbocycles. The van der Waals surface area contributed by atoms with Crippen molar-refractivity contribution < 1.29 is 14.0 Å². The smallest absolute Gasteiger partial charge is 0.250 e. The Morgan fingerprint density at radius 1 is 1.14 bits per heavy atom. The standard InChI is InChI=1S/C15H13ClFN3O2/c16-9-5-6-12(10(7-9)15(18)22)19-8-14(21)20-13-4-2-1-3-11(13)17/h1-7,19H,8H2,(H2,18,22)(H,20,21). The van der Waals surface area contributed by atoms with Gasteiger partial charge in [0.25, 0.3) is 5.91 Å². The number of carbonyl (C=O) groups is 2. The van der Waals surface area contributed by atoms with Gasteiger partial charge in [-0.2, -0.15) is 0 Å². The van der Waals surface area contributed by atoms with Gasteiger partial charge in [-0.1, -0.05) is 23.7 Å². The molecule has 5 nitrogen and oxygen atoms in total. The fourth-order valence-electron chi connectivity index (χ4n) is 1.81. The second kappa shape index (κ2) is 6.91. The topological polar surface area (TPSA) is 84.2 Å². The van der Waals surface area contributed by atoms with Crippen LogP contribution in [0.3, 0.4) is 0 Å². The van der Waals surface area contributed by atoms with E-state index in [0.29, 0.717) is 10.7 Å². The Morgan fingerprint density at radius 2 is 1.86 bits per heavy atom. The van der Waals surface area contributed by atoms with Gasteiger partial charge in [-0.15, -0.1) is 0 Å². The van der Waals surface area contributed by atoms with Crippen LogP contribution in [0.2, 0.25) is 5.02 Å². The summed E-state index contributed by atoms with van der Waals surface area (Å²) < 4.78 is 13.4. The van der Waals surface area contributed by atoms with E-state index in [1.165, 1.54) is 24.3 Å². The molecule has 2 amide bonds. The van der Waals surface area contributed by atoms with Crippen molar-refractivity contribution in [3.8, 4) is 0 Å². The maximum atomic E-state index is 13.4. The van der Waals surface area contributed by atoms with E-state index in [4.69, 9.17) is 17.3 Å². The lowest BCUT2D eigenvalue weighted by Gasteiger charge is -2.11. The minimum atomic E-state index is -0.667. The highest BCUT2D eigenvalue weighted by atomic mass is 35.5. The third-order valence-electron chi connectivity index (χ3n) is 2.83. The quantitative estimate of drug-likeness (QED) is 0.791. The van der Waals surface area contributed by atoms with Gasteiger partial charge >= 0.3 is 0 Å². The number of primary amides is 1. The molecule has 114 valence electrons. The van der Waals surface area contributed by atoms with Crippen LogP contribution in [0.15, 0.2) is 42.5 Å². The molecule has 0 saturated heterocycles. The molecule has 0 aliphatic carbocycles. The predicted molar refractivity (Wildman–Crippen MR) is 83.5 cm³/mol. The van der Waals surface area contributed by atoms with Gasteiger partial charge in [0, 0.05) is 10.7 Å². The number of rotatable bonds is 5. The molecular weight excluding hydrogens is 309 g/mol. The molecule has 0 aliphatic heterocycles. The van der Waals surface area contributed by atoms with E-state index in [0.717, 1.165) is 0 Å². The van der Waals surface area contributed by atoms with Crippen LogP contribution in [0, 0.1) is 5.82 Å². The molecule has 0 bridgehead atoms. The first-order chi connectivity index (χ1) is 10.5. The van der Waals surface area contributed by atoms with Crippen LogP contribution in [-0.4, -0.2) is 18.4 Å². The zero-order valence-corrected chi connectivity index (χ0v) is 12.2. The summed E-state index contributed by atoms with van der Waals surface area (Å²) in [6, 6.07) is 10.3. The van der Waals surface area contributed by atoms with Crippen molar-refractivity contribution in [3.05, 3.63) is 58.9 Å². The summed E-state index contributed by atoms with van der Waals surface area (Å²) in [6.45, 7) is -0.157. The molecule has 0 fully saturated rings. The van der Waals surface area contributed by atoms with E-state index < -0.39 is 17.6 Å². The van der Waals surface area contributed by atoms with Crippen LogP contribution in [0.1, 0.15) is 10.4 Å².